The van der Waals surface area contributed by atoms with Crippen molar-refractivity contribution in [2.24, 2.45) is 0 Å². The molecule has 1 rings (SSSR count). The molecule has 3 nitrogen and oxygen atoms in total. The minimum atomic E-state index is -1.16. The normalized spacial score (nSPS) is 13.8. The molecule has 16 heavy (non-hydrogen) atoms. The lowest BCUT2D eigenvalue weighted by molar-refractivity contribution is -0.209. The third-order valence-electron chi connectivity index (χ3n) is 2.23. The molecule has 0 fully saturated rings. The minimum absolute atomic E-state index is 0.137. The molecule has 1 atom stereocenters. The van der Waals surface area contributed by atoms with Crippen LogP contribution in [0.4, 0.5) is 0 Å². The van der Waals surface area contributed by atoms with Gasteiger partial charge in [0.1, 0.15) is 0 Å². The van der Waals surface area contributed by atoms with E-state index >= 15 is 0 Å². The van der Waals surface area contributed by atoms with Gasteiger partial charge in [-0.3, -0.25) is 0 Å². The molecule has 0 spiro atoms. The zero-order chi connectivity index (χ0) is 12.0. The van der Waals surface area contributed by atoms with Crippen LogP contribution in [-0.2, 0) is 4.74 Å². The molecule has 0 aromatic heterocycles. The maximum atomic E-state index is 9.66. The first-order valence-corrected chi connectivity index (χ1v) is 5.59. The van der Waals surface area contributed by atoms with Crippen LogP contribution < -0.4 is 0 Å². The van der Waals surface area contributed by atoms with Crippen molar-refractivity contribution in [2.45, 2.75) is 38.6 Å². The fraction of sp³-hybridized carbons (Fsp3) is 0.538. The molecule has 0 heterocycles. The molecular weight excluding hydrogens is 204 g/mol. The molecule has 0 aliphatic heterocycles. The van der Waals surface area contributed by atoms with Gasteiger partial charge in [-0.2, -0.15) is 0 Å². The number of hydrogen-bond donors (Lipinski definition) is 2. The second kappa shape index (κ2) is 5.99. The van der Waals surface area contributed by atoms with Gasteiger partial charge in [-0.15, -0.1) is 0 Å². The van der Waals surface area contributed by atoms with Gasteiger partial charge < -0.3 is 14.9 Å². The van der Waals surface area contributed by atoms with Crippen LogP contribution in [0.25, 0.3) is 0 Å². The first kappa shape index (κ1) is 13.2. The topological polar surface area (TPSA) is 49.7 Å². The SMILES string of the molecule is CC(C)(O)O[C@H](CCCO)c1ccccc1. The lowest BCUT2D eigenvalue weighted by atomic mass is 10.0. The molecule has 2 N–H and O–H groups in total. The average Bonchev–Trinajstić information content (AvgIpc) is 2.24. The highest BCUT2D eigenvalue weighted by molar-refractivity contribution is 5.17. The molecule has 3 heteroatoms. The molecule has 0 radical (unpaired) electrons. The summed E-state index contributed by atoms with van der Waals surface area (Å²) in [5.74, 6) is -1.16. The number of benzene rings is 1. The Hall–Kier alpha value is -0.900. The first-order valence-electron chi connectivity index (χ1n) is 5.59. The Morgan fingerprint density at radius 1 is 1.25 bits per heavy atom. The zero-order valence-corrected chi connectivity index (χ0v) is 9.89. The summed E-state index contributed by atoms with van der Waals surface area (Å²) >= 11 is 0. The minimum Gasteiger partial charge on any atom is -0.396 e. The Morgan fingerprint density at radius 3 is 2.38 bits per heavy atom. The van der Waals surface area contributed by atoms with Gasteiger partial charge in [0.15, 0.2) is 5.79 Å². The number of aliphatic hydroxyl groups is 2. The number of rotatable bonds is 6. The molecule has 0 saturated carbocycles. The van der Waals surface area contributed by atoms with Crippen molar-refractivity contribution in [3.63, 3.8) is 0 Å². The fourth-order valence-electron chi connectivity index (χ4n) is 1.59. The smallest absolute Gasteiger partial charge is 0.160 e. The standard InChI is InChI=1S/C13H20O3/c1-13(2,15)16-12(9-6-10-14)11-7-4-3-5-8-11/h3-5,7-8,12,14-15H,6,9-10H2,1-2H3/t12-/m1/s1. The highest BCUT2D eigenvalue weighted by atomic mass is 16.6. The molecule has 0 unspecified atom stereocenters. The van der Waals surface area contributed by atoms with Crippen molar-refractivity contribution in [3.05, 3.63) is 35.9 Å². The van der Waals surface area contributed by atoms with Crippen LogP contribution in [0.2, 0.25) is 0 Å². The fourth-order valence-corrected chi connectivity index (χ4v) is 1.59. The van der Waals surface area contributed by atoms with Crippen LogP contribution in [-0.4, -0.2) is 22.6 Å². The highest BCUT2D eigenvalue weighted by Crippen LogP contribution is 2.26. The van der Waals surface area contributed by atoms with E-state index in [1.165, 1.54) is 0 Å². The van der Waals surface area contributed by atoms with Gasteiger partial charge in [0, 0.05) is 6.61 Å². The molecule has 0 saturated heterocycles. The van der Waals surface area contributed by atoms with E-state index in [0.29, 0.717) is 12.8 Å². The van der Waals surface area contributed by atoms with E-state index in [1.807, 2.05) is 30.3 Å². The highest BCUT2D eigenvalue weighted by Gasteiger charge is 2.21. The maximum Gasteiger partial charge on any atom is 0.160 e. The van der Waals surface area contributed by atoms with Gasteiger partial charge >= 0.3 is 0 Å². The maximum absolute atomic E-state index is 9.66. The van der Waals surface area contributed by atoms with Crippen LogP contribution in [0.3, 0.4) is 0 Å². The molecular formula is C13H20O3. The van der Waals surface area contributed by atoms with Crippen LogP contribution in [0.5, 0.6) is 0 Å². The van der Waals surface area contributed by atoms with Crippen molar-refractivity contribution in [3.8, 4) is 0 Å². The summed E-state index contributed by atoms with van der Waals surface area (Å²) in [4.78, 5) is 0. The predicted octanol–water partition coefficient (Wildman–Crippen LogP) is 2.25. The van der Waals surface area contributed by atoms with E-state index in [-0.39, 0.29) is 12.7 Å². The largest absolute Gasteiger partial charge is 0.396 e. The summed E-state index contributed by atoms with van der Waals surface area (Å²) in [7, 11) is 0. The second-order valence-corrected chi connectivity index (χ2v) is 4.33. The van der Waals surface area contributed by atoms with Gasteiger partial charge in [-0.1, -0.05) is 30.3 Å². The molecule has 1 aromatic carbocycles. The predicted molar refractivity (Wildman–Crippen MR) is 62.9 cm³/mol. The lowest BCUT2D eigenvalue weighted by Gasteiger charge is -2.26. The first-order chi connectivity index (χ1) is 7.53. The van der Waals surface area contributed by atoms with Crippen LogP contribution in [0.15, 0.2) is 30.3 Å². The van der Waals surface area contributed by atoms with Gasteiger partial charge in [0.2, 0.25) is 0 Å². The van der Waals surface area contributed by atoms with Gasteiger partial charge in [-0.25, -0.2) is 0 Å². The quantitative estimate of drug-likeness (QED) is 0.729. The van der Waals surface area contributed by atoms with Gasteiger partial charge in [-0.05, 0) is 32.3 Å². The van der Waals surface area contributed by atoms with Crippen molar-refractivity contribution in [2.75, 3.05) is 6.61 Å². The zero-order valence-electron chi connectivity index (χ0n) is 9.89. The van der Waals surface area contributed by atoms with Gasteiger partial charge in [0.05, 0.1) is 6.10 Å². The number of ether oxygens (including phenoxy) is 1. The summed E-state index contributed by atoms with van der Waals surface area (Å²) in [5.41, 5.74) is 1.03. The van der Waals surface area contributed by atoms with Crippen molar-refractivity contribution >= 4 is 0 Å². The molecule has 0 amide bonds. The Kier molecular flexibility index (Phi) is 4.93. The average molecular weight is 224 g/mol. The Balaban J connectivity index is 2.71. The van der Waals surface area contributed by atoms with Crippen LogP contribution in [0.1, 0.15) is 38.4 Å². The van der Waals surface area contributed by atoms with Gasteiger partial charge in [0.25, 0.3) is 0 Å². The van der Waals surface area contributed by atoms with E-state index in [0.717, 1.165) is 5.56 Å². The number of aliphatic hydroxyl groups excluding tert-OH is 1. The molecule has 0 aliphatic carbocycles. The lowest BCUT2D eigenvalue weighted by Crippen LogP contribution is -2.26. The van der Waals surface area contributed by atoms with E-state index in [4.69, 9.17) is 9.84 Å². The van der Waals surface area contributed by atoms with E-state index in [2.05, 4.69) is 0 Å². The molecule has 90 valence electrons. The summed E-state index contributed by atoms with van der Waals surface area (Å²) in [5, 5.41) is 18.5. The molecule has 0 bridgehead atoms. The number of hydrogen-bond acceptors (Lipinski definition) is 3. The third-order valence-corrected chi connectivity index (χ3v) is 2.23. The Labute approximate surface area is 96.7 Å². The van der Waals surface area contributed by atoms with Crippen molar-refractivity contribution in [1.29, 1.82) is 0 Å². The second-order valence-electron chi connectivity index (χ2n) is 4.33. The van der Waals surface area contributed by atoms with Crippen LogP contribution in [0, 0.1) is 0 Å². The monoisotopic (exact) mass is 224 g/mol. The summed E-state index contributed by atoms with van der Waals surface area (Å²) < 4.78 is 5.57. The summed E-state index contributed by atoms with van der Waals surface area (Å²) in [6.45, 7) is 3.36. The van der Waals surface area contributed by atoms with Crippen molar-refractivity contribution in [1.82, 2.24) is 0 Å². The van der Waals surface area contributed by atoms with E-state index in [9.17, 15) is 5.11 Å². The summed E-state index contributed by atoms with van der Waals surface area (Å²) in [6.07, 6.45) is 1.19. The van der Waals surface area contributed by atoms with Crippen molar-refractivity contribution < 1.29 is 14.9 Å². The molecule has 1 aromatic rings. The van der Waals surface area contributed by atoms with Crippen LogP contribution >= 0.6 is 0 Å². The Bertz CT molecular complexity index is 290. The van der Waals surface area contributed by atoms with E-state index in [1.54, 1.807) is 13.8 Å². The summed E-state index contributed by atoms with van der Waals surface area (Å²) in [6, 6.07) is 9.75. The molecule has 0 aliphatic rings. The third kappa shape index (κ3) is 4.75. The van der Waals surface area contributed by atoms with E-state index < -0.39 is 5.79 Å². The Morgan fingerprint density at radius 2 is 1.88 bits per heavy atom.